The fourth-order valence-electron chi connectivity index (χ4n) is 3.30. The van der Waals surface area contributed by atoms with Crippen molar-refractivity contribution < 1.29 is 13.9 Å². The molecule has 0 saturated carbocycles. The number of aryl methyl sites for hydroxylation is 1. The van der Waals surface area contributed by atoms with Crippen LogP contribution in [-0.2, 0) is 11.3 Å². The van der Waals surface area contributed by atoms with Crippen LogP contribution in [0.2, 0.25) is 5.02 Å². The highest BCUT2D eigenvalue weighted by Gasteiger charge is 2.29. The van der Waals surface area contributed by atoms with Gasteiger partial charge in [-0.25, -0.2) is 4.79 Å². The Bertz CT molecular complexity index is 1210. The van der Waals surface area contributed by atoms with E-state index in [2.05, 4.69) is 4.98 Å². The number of nitrogens with zero attached hydrogens (tertiary/aromatic N) is 2. The van der Waals surface area contributed by atoms with Crippen molar-refractivity contribution in [2.75, 3.05) is 30.9 Å². The minimum absolute atomic E-state index is 0.0319. The van der Waals surface area contributed by atoms with E-state index < -0.39 is 17.2 Å². The van der Waals surface area contributed by atoms with Gasteiger partial charge in [-0.15, -0.1) is 0 Å². The molecule has 2 heterocycles. The van der Waals surface area contributed by atoms with Crippen LogP contribution in [-0.4, -0.2) is 35.7 Å². The molecule has 1 aromatic carbocycles. The molecule has 0 saturated heterocycles. The third-order valence-electron chi connectivity index (χ3n) is 4.79. The Hall–Kier alpha value is -3.04. The van der Waals surface area contributed by atoms with Crippen molar-refractivity contribution in [3.05, 3.63) is 55.4 Å². The molecule has 10 heteroatoms. The van der Waals surface area contributed by atoms with E-state index in [4.69, 9.17) is 26.5 Å². The van der Waals surface area contributed by atoms with Crippen LogP contribution < -0.4 is 21.9 Å². The minimum Gasteiger partial charge on any atom is -0.451 e. The van der Waals surface area contributed by atoms with E-state index >= 15 is 0 Å². The molecule has 30 heavy (non-hydrogen) atoms. The van der Waals surface area contributed by atoms with Gasteiger partial charge in [0.1, 0.15) is 11.4 Å². The molecule has 0 radical (unpaired) electrons. The molecule has 0 fully saturated rings. The van der Waals surface area contributed by atoms with Gasteiger partial charge in [0.05, 0.1) is 13.2 Å². The number of H-pyrrole nitrogens is 1. The van der Waals surface area contributed by atoms with Crippen LogP contribution in [0, 0.1) is 6.92 Å². The molecule has 3 N–H and O–H groups in total. The van der Waals surface area contributed by atoms with Gasteiger partial charge in [0.15, 0.2) is 11.4 Å². The number of halogens is 1. The molecule has 0 aliphatic carbocycles. The molecule has 0 unspecified atom stereocenters. The van der Waals surface area contributed by atoms with E-state index in [1.807, 2.05) is 6.92 Å². The molecular formula is C20H23ClN4O5. The summed E-state index contributed by atoms with van der Waals surface area (Å²) in [4.78, 5) is 41.6. The third kappa shape index (κ3) is 3.86. The lowest BCUT2D eigenvalue weighted by Gasteiger charge is -2.23. The van der Waals surface area contributed by atoms with Gasteiger partial charge in [-0.2, -0.15) is 0 Å². The van der Waals surface area contributed by atoms with Crippen LogP contribution in [0.4, 0.5) is 11.5 Å². The molecule has 1 amide bonds. The number of carbonyl (C=O) groups excluding carboxylic acids is 1. The number of benzene rings is 1. The second kappa shape index (κ2) is 8.76. The van der Waals surface area contributed by atoms with Crippen molar-refractivity contribution in [3.8, 4) is 0 Å². The van der Waals surface area contributed by atoms with Crippen LogP contribution in [0.5, 0.6) is 0 Å². The predicted octanol–water partition coefficient (Wildman–Crippen LogP) is 2.53. The highest BCUT2D eigenvalue weighted by molar-refractivity contribution is 6.31. The molecule has 3 aromatic rings. The lowest BCUT2D eigenvalue weighted by molar-refractivity contribution is 0.0950. The number of fused-ring (bicyclic) bond motifs is 1. The predicted molar refractivity (Wildman–Crippen MR) is 116 cm³/mol. The number of aromatic amines is 1. The standard InChI is InChI=1S/C20H23ClN4O5/c1-4-7-25-17(22)15(18(26)23-20(25)28)24(8-9-29-3)19(27)16-11(2)13-10-12(21)5-6-14(13)30-16/h5-6,10H,4,7-9,22H2,1-3H3,(H,23,26,28). The minimum atomic E-state index is -0.758. The maximum absolute atomic E-state index is 13.4. The quantitative estimate of drug-likeness (QED) is 0.588. The zero-order chi connectivity index (χ0) is 22.0. The number of anilines is 2. The summed E-state index contributed by atoms with van der Waals surface area (Å²) in [5.74, 6) is -0.613. The molecule has 3 rings (SSSR count). The van der Waals surface area contributed by atoms with Gasteiger partial charge in [-0.05, 0) is 31.5 Å². The Kier molecular flexibility index (Phi) is 6.33. The highest BCUT2D eigenvalue weighted by atomic mass is 35.5. The van der Waals surface area contributed by atoms with E-state index in [1.165, 1.54) is 16.6 Å². The van der Waals surface area contributed by atoms with Gasteiger partial charge in [0.25, 0.3) is 11.5 Å². The monoisotopic (exact) mass is 434 g/mol. The number of hydrogen-bond donors (Lipinski definition) is 2. The first-order valence-electron chi connectivity index (χ1n) is 9.42. The number of rotatable bonds is 7. The van der Waals surface area contributed by atoms with Crippen molar-refractivity contribution in [1.82, 2.24) is 9.55 Å². The molecule has 0 bridgehead atoms. The van der Waals surface area contributed by atoms with Crippen molar-refractivity contribution in [3.63, 3.8) is 0 Å². The Morgan fingerprint density at radius 1 is 1.37 bits per heavy atom. The normalized spacial score (nSPS) is 11.2. The number of hydrogen-bond acceptors (Lipinski definition) is 6. The fourth-order valence-corrected chi connectivity index (χ4v) is 3.47. The van der Waals surface area contributed by atoms with Gasteiger partial charge in [0, 0.05) is 29.6 Å². The van der Waals surface area contributed by atoms with Crippen molar-refractivity contribution in [1.29, 1.82) is 0 Å². The van der Waals surface area contributed by atoms with Crippen molar-refractivity contribution in [2.24, 2.45) is 0 Å². The summed E-state index contributed by atoms with van der Waals surface area (Å²) >= 11 is 6.06. The Morgan fingerprint density at radius 3 is 2.77 bits per heavy atom. The second-order valence-electron chi connectivity index (χ2n) is 6.79. The van der Waals surface area contributed by atoms with Gasteiger partial charge in [-0.3, -0.25) is 24.0 Å². The zero-order valence-corrected chi connectivity index (χ0v) is 17.7. The Balaban J connectivity index is 2.18. The summed E-state index contributed by atoms with van der Waals surface area (Å²) in [6.45, 7) is 4.07. The summed E-state index contributed by atoms with van der Waals surface area (Å²) in [6, 6.07) is 5.03. The molecule has 0 aliphatic heterocycles. The average molecular weight is 435 g/mol. The molecule has 0 atom stereocenters. The molecule has 2 aromatic heterocycles. The first-order valence-corrected chi connectivity index (χ1v) is 9.80. The molecule has 0 aliphatic rings. The summed E-state index contributed by atoms with van der Waals surface area (Å²) in [5, 5.41) is 1.20. The summed E-state index contributed by atoms with van der Waals surface area (Å²) in [7, 11) is 1.47. The van der Waals surface area contributed by atoms with Crippen LogP contribution in [0.15, 0.2) is 32.2 Å². The zero-order valence-electron chi connectivity index (χ0n) is 17.0. The topological polar surface area (TPSA) is 124 Å². The van der Waals surface area contributed by atoms with Crippen molar-refractivity contribution >= 4 is 40.0 Å². The van der Waals surface area contributed by atoms with E-state index in [-0.39, 0.29) is 30.4 Å². The van der Waals surface area contributed by atoms with Crippen LogP contribution in [0.1, 0.15) is 29.5 Å². The molecule has 9 nitrogen and oxygen atoms in total. The SMILES string of the molecule is CCCn1c(N)c(N(CCOC)C(=O)c2oc3ccc(Cl)cc3c2C)c(=O)[nH]c1=O. The second-order valence-corrected chi connectivity index (χ2v) is 7.23. The third-order valence-corrected chi connectivity index (χ3v) is 5.02. The maximum Gasteiger partial charge on any atom is 0.330 e. The van der Waals surface area contributed by atoms with Gasteiger partial charge < -0.3 is 14.9 Å². The first kappa shape index (κ1) is 21.7. The van der Waals surface area contributed by atoms with E-state index in [0.717, 1.165) is 0 Å². The number of aromatic nitrogens is 2. The largest absolute Gasteiger partial charge is 0.451 e. The van der Waals surface area contributed by atoms with E-state index in [0.29, 0.717) is 34.5 Å². The van der Waals surface area contributed by atoms with Crippen molar-refractivity contribution in [2.45, 2.75) is 26.8 Å². The Labute approximate surface area is 177 Å². The number of carbonyl (C=O) groups is 1. The lowest BCUT2D eigenvalue weighted by atomic mass is 10.1. The molecule has 160 valence electrons. The van der Waals surface area contributed by atoms with E-state index in [1.54, 1.807) is 25.1 Å². The summed E-state index contributed by atoms with van der Waals surface area (Å²) in [6.07, 6.45) is 0.616. The smallest absolute Gasteiger partial charge is 0.330 e. The summed E-state index contributed by atoms with van der Waals surface area (Å²) < 4.78 is 12.1. The molecule has 0 spiro atoms. The van der Waals surface area contributed by atoms with Crippen LogP contribution >= 0.6 is 11.6 Å². The van der Waals surface area contributed by atoms with Crippen LogP contribution in [0.3, 0.4) is 0 Å². The number of nitrogen functional groups attached to an aromatic ring is 1. The van der Waals surface area contributed by atoms with Gasteiger partial charge in [-0.1, -0.05) is 18.5 Å². The highest BCUT2D eigenvalue weighted by Crippen LogP contribution is 2.30. The fraction of sp³-hybridized carbons (Fsp3) is 0.350. The number of ether oxygens (including phenoxy) is 1. The lowest BCUT2D eigenvalue weighted by Crippen LogP contribution is -2.42. The number of nitrogens with two attached hydrogens (primary N) is 1. The van der Waals surface area contributed by atoms with E-state index in [9.17, 15) is 14.4 Å². The number of methoxy groups -OCH3 is 1. The van der Waals surface area contributed by atoms with Gasteiger partial charge in [0.2, 0.25) is 0 Å². The summed E-state index contributed by atoms with van der Waals surface area (Å²) in [5.41, 5.74) is 5.72. The maximum atomic E-state index is 13.4. The average Bonchev–Trinajstić information content (AvgIpc) is 3.03. The number of amides is 1. The molecular weight excluding hydrogens is 412 g/mol. The van der Waals surface area contributed by atoms with Crippen LogP contribution in [0.25, 0.3) is 11.0 Å². The first-order chi connectivity index (χ1) is 14.3. The Morgan fingerprint density at radius 2 is 2.10 bits per heavy atom. The number of nitrogens with one attached hydrogen (secondary N) is 1. The van der Waals surface area contributed by atoms with Gasteiger partial charge >= 0.3 is 5.69 Å². The number of furan rings is 1.